The molecule has 1 aromatic heterocycles. The van der Waals surface area contributed by atoms with Crippen LogP contribution in [0.2, 0.25) is 0 Å². The highest BCUT2D eigenvalue weighted by molar-refractivity contribution is 5.28. The van der Waals surface area contributed by atoms with Crippen molar-refractivity contribution < 1.29 is 8.78 Å². The van der Waals surface area contributed by atoms with Crippen molar-refractivity contribution in [3.8, 4) is 0 Å². The van der Waals surface area contributed by atoms with Crippen molar-refractivity contribution in [1.29, 1.82) is 0 Å². The van der Waals surface area contributed by atoms with Gasteiger partial charge in [-0.1, -0.05) is 0 Å². The third-order valence-corrected chi connectivity index (χ3v) is 3.22. The molecule has 0 amide bonds. The number of nitrogens with zero attached hydrogens (tertiary/aromatic N) is 3. The average Bonchev–Trinajstić information content (AvgIpc) is 2.81. The Morgan fingerprint density at radius 3 is 2.60 bits per heavy atom. The first-order valence-corrected chi connectivity index (χ1v) is 6.49. The minimum Gasteiger partial charge on any atom is -0.323 e. The Kier molecular flexibility index (Phi) is 4.13. The Balaban J connectivity index is 2.26. The van der Waals surface area contributed by atoms with E-state index in [1.807, 2.05) is 13.8 Å². The maximum absolute atomic E-state index is 13.8. The molecule has 2 rings (SSSR count). The second-order valence-corrected chi connectivity index (χ2v) is 5.15. The van der Waals surface area contributed by atoms with Crippen LogP contribution in [-0.4, -0.2) is 14.8 Å². The number of hydrogen-bond donors (Lipinski definition) is 1. The van der Waals surface area contributed by atoms with Crippen LogP contribution in [0.5, 0.6) is 0 Å². The molecule has 0 aliphatic heterocycles. The van der Waals surface area contributed by atoms with Crippen LogP contribution in [0.25, 0.3) is 0 Å². The molecule has 1 heterocycles. The fourth-order valence-electron chi connectivity index (χ4n) is 2.12. The fraction of sp³-hybridized carbons (Fsp3) is 0.429. The number of benzene rings is 1. The molecule has 0 aliphatic rings. The molecule has 2 N–H and O–H groups in total. The quantitative estimate of drug-likeness (QED) is 0.936. The van der Waals surface area contributed by atoms with Crippen molar-refractivity contribution in [1.82, 2.24) is 14.8 Å². The minimum atomic E-state index is -0.629. The lowest BCUT2D eigenvalue weighted by molar-refractivity contribution is 0.487. The second kappa shape index (κ2) is 5.66. The van der Waals surface area contributed by atoms with Crippen molar-refractivity contribution in [2.75, 3.05) is 0 Å². The Labute approximate surface area is 116 Å². The first-order valence-electron chi connectivity index (χ1n) is 6.49. The Bertz CT molecular complexity index is 607. The Morgan fingerprint density at radius 1 is 1.25 bits per heavy atom. The zero-order valence-corrected chi connectivity index (χ0v) is 11.8. The van der Waals surface area contributed by atoms with E-state index in [9.17, 15) is 8.78 Å². The molecule has 108 valence electrons. The molecular formula is C14H18F2N4. The number of aromatic nitrogens is 3. The van der Waals surface area contributed by atoms with Gasteiger partial charge in [-0.25, -0.2) is 18.4 Å². The summed E-state index contributed by atoms with van der Waals surface area (Å²) in [6.07, 6.45) is 1.80. The number of rotatable bonds is 4. The lowest BCUT2D eigenvalue weighted by Crippen LogP contribution is -2.19. The highest BCUT2D eigenvalue weighted by Crippen LogP contribution is 2.22. The molecule has 20 heavy (non-hydrogen) atoms. The summed E-state index contributed by atoms with van der Waals surface area (Å²) in [4.78, 5) is 4.15. The van der Waals surface area contributed by atoms with E-state index in [1.165, 1.54) is 12.4 Å². The summed E-state index contributed by atoms with van der Waals surface area (Å²) in [6.45, 7) is 5.54. The topological polar surface area (TPSA) is 56.7 Å². The van der Waals surface area contributed by atoms with Crippen LogP contribution in [0.4, 0.5) is 8.78 Å². The molecule has 0 spiro atoms. The van der Waals surface area contributed by atoms with Crippen molar-refractivity contribution in [2.24, 2.45) is 5.73 Å². The normalized spacial score (nSPS) is 12.9. The van der Waals surface area contributed by atoms with Crippen LogP contribution in [0.3, 0.4) is 0 Å². The summed E-state index contributed by atoms with van der Waals surface area (Å²) >= 11 is 0. The van der Waals surface area contributed by atoms with Crippen LogP contribution >= 0.6 is 0 Å². The molecule has 0 saturated heterocycles. The van der Waals surface area contributed by atoms with Gasteiger partial charge < -0.3 is 5.73 Å². The van der Waals surface area contributed by atoms with E-state index in [1.54, 1.807) is 11.6 Å². The summed E-state index contributed by atoms with van der Waals surface area (Å²) in [5, 5.41) is 4.11. The third kappa shape index (κ3) is 2.85. The molecular weight excluding hydrogens is 262 g/mol. The SMILES string of the molecule is Cc1cc(C(N)Cc2ncnn2C(C)C)c(F)cc1F. The van der Waals surface area contributed by atoms with E-state index in [2.05, 4.69) is 10.1 Å². The van der Waals surface area contributed by atoms with Crippen LogP contribution in [0.15, 0.2) is 18.5 Å². The molecule has 0 saturated carbocycles. The van der Waals surface area contributed by atoms with Crippen molar-refractivity contribution >= 4 is 0 Å². The van der Waals surface area contributed by atoms with Gasteiger partial charge in [0.05, 0.1) is 0 Å². The molecule has 1 unspecified atom stereocenters. The van der Waals surface area contributed by atoms with Crippen LogP contribution < -0.4 is 5.73 Å². The zero-order chi connectivity index (χ0) is 14.9. The number of nitrogens with two attached hydrogens (primary N) is 1. The van der Waals surface area contributed by atoms with E-state index < -0.39 is 17.7 Å². The number of aryl methyl sites for hydroxylation is 1. The van der Waals surface area contributed by atoms with Gasteiger partial charge in [0, 0.05) is 30.1 Å². The fourth-order valence-corrected chi connectivity index (χ4v) is 2.12. The van der Waals surface area contributed by atoms with Gasteiger partial charge in [-0.05, 0) is 32.4 Å². The Morgan fingerprint density at radius 2 is 1.95 bits per heavy atom. The van der Waals surface area contributed by atoms with Crippen molar-refractivity contribution in [2.45, 2.75) is 39.3 Å². The van der Waals surface area contributed by atoms with Gasteiger partial charge >= 0.3 is 0 Å². The molecule has 0 radical (unpaired) electrons. The summed E-state index contributed by atoms with van der Waals surface area (Å²) in [5.74, 6) is -0.506. The average molecular weight is 280 g/mol. The monoisotopic (exact) mass is 280 g/mol. The predicted octanol–water partition coefficient (Wildman–Crippen LogP) is 2.69. The Hall–Kier alpha value is -1.82. The maximum Gasteiger partial charge on any atom is 0.138 e. The van der Waals surface area contributed by atoms with Gasteiger partial charge in [0.1, 0.15) is 23.8 Å². The van der Waals surface area contributed by atoms with Gasteiger partial charge in [0.2, 0.25) is 0 Å². The number of halogens is 2. The van der Waals surface area contributed by atoms with E-state index >= 15 is 0 Å². The zero-order valence-electron chi connectivity index (χ0n) is 11.8. The summed E-state index contributed by atoms with van der Waals surface area (Å²) < 4.78 is 28.8. The summed E-state index contributed by atoms with van der Waals surface area (Å²) in [6, 6.07) is 1.89. The lowest BCUT2D eigenvalue weighted by atomic mass is 10.0. The lowest BCUT2D eigenvalue weighted by Gasteiger charge is -2.15. The van der Waals surface area contributed by atoms with Crippen LogP contribution in [-0.2, 0) is 6.42 Å². The molecule has 2 aromatic rings. The molecule has 4 nitrogen and oxygen atoms in total. The number of hydrogen-bond acceptors (Lipinski definition) is 3. The highest BCUT2D eigenvalue weighted by Gasteiger charge is 2.18. The molecule has 0 bridgehead atoms. The van der Waals surface area contributed by atoms with E-state index in [0.717, 1.165) is 6.07 Å². The van der Waals surface area contributed by atoms with Gasteiger partial charge in [-0.3, -0.25) is 0 Å². The summed E-state index contributed by atoms with van der Waals surface area (Å²) in [5.41, 5.74) is 6.70. The molecule has 0 aliphatic carbocycles. The first kappa shape index (κ1) is 14.6. The van der Waals surface area contributed by atoms with E-state index in [-0.39, 0.29) is 6.04 Å². The molecule has 6 heteroatoms. The van der Waals surface area contributed by atoms with E-state index in [0.29, 0.717) is 23.4 Å². The second-order valence-electron chi connectivity index (χ2n) is 5.15. The van der Waals surface area contributed by atoms with Gasteiger partial charge in [0.25, 0.3) is 0 Å². The molecule has 0 fully saturated rings. The van der Waals surface area contributed by atoms with Crippen LogP contribution in [0.1, 0.15) is 42.9 Å². The third-order valence-electron chi connectivity index (χ3n) is 3.22. The largest absolute Gasteiger partial charge is 0.323 e. The standard InChI is InChI=1S/C14H18F2N4/c1-8(2)20-14(18-7-19-20)6-13(17)10-4-9(3)11(15)5-12(10)16/h4-5,7-8,13H,6,17H2,1-3H3. The van der Waals surface area contributed by atoms with Gasteiger partial charge in [0.15, 0.2) is 0 Å². The van der Waals surface area contributed by atoms with Crippen molar-refractivity contribution in [3.05, 3.63) is 47.0 Å². The summed E-state index contributed by atoms with van der Waals surface area (Å²) in [7, 11) is 0. The van der Waals surface area contributed by atoms with E-state index in [4.69, 9.17) is 5.73 Å². The van der Waals surface area contributed by atoms with Crippen LogP contribution in [0, 0.1) is 18.6 Å². The van der Waals surface area contributed by atoms with Gasteiger partial charge in [-0.2, -0.15) is 5.10 Å². The predicted molar refractivity (Wildman–Crippen MR) is 72.1 cm³/mol. The highest BCUT2D eigenvalue weighted by atomic mass is 19.1. The first-order chi connectivity index (χ1) is 9.40. The minimum absolute atomic E-state index is 0.152. The smallest absolute Gasteiger partial charge is 0.138 e. The molecule has 1 atom stereocenters. The van der Waals surface area contributed by atoms with Gasteiger partial charge in [-0.15, -0.1) is 0 Å². The van der Waals surface area contributed by atoms with Crippen molar-refractivity contribution in [3.63, 3.8) is 0 Å². The maximum atomic E-state index is 13.8. The molecule has 1 aromatic carbocycles.